The fourth-order valence-electron chi connectivity index (χ4n) is 3.89. The maximum atomic E-state index is 13.3. The summed E-state index contributed by atoms with van der Waals surface area (Å²) in [7, 11) is 0. The summed E-state index contributed by atoms with van der Waals surface area (Å²) in [5, 5.41) is 1.08. The van der Waals surface area contributed by atoms with Crippen LogP contribution in [0.5, 0.6) is 0 Å². The molecular weight excluding hydrogens is 398 g/mol. The van der Waals surface area contributed by atoms with Crippen molar-refractivity contribution in [2.75, 3.05) is 6.54 Å². The number of aryl methyl sites for hydroxylation is 2. The highest BCUT2D eigenvalue weighted by Gasteiger charge is 2.35. The molecular formula is C20H20F2N4O2S. The zero-order valence-corrected chi connectivity index (χ0v) is 16.9. The Morgan fingerprint density at radius 3 is 2.72 bits per heavy atom. The average Bonchev–Trinajstić information content (AvgIpc) is 3.29. The van der Waals surface area contributed by atoms with Crippen LogP contribution in [0.4, 0.5) is 8.78 Å². The normalized spacial score (nSPS) is 16.9. The van der Waals surface area contributed by atoms with Crippen molar-refractivity contribution in [1.29, 1.82) is 0 Å². The van der Waals surface area contributed by atoms with Gasteiger partial charge in [0.05, 0.1) is 34.2 Å². The van der Waals surface area contributed by atoms with Crippen LogP contribution in [0.1, 0.15) is 45.1 Å². The summed E-state index contributed by atoms with van der Waals surface area (Å²) in [6.07, 6.45) is -1.42. The number of amides is 1. The number of fused-ring (bicyclic) bond motifs is 1. The van der Waals surface area contributed by atoms with E-state index in [9.17, 15) is 18.4 Å². The summed E-state index contributed by atoms with van der Waals surface area (Å²) < 4.78 is 27.6. The number of hydrogen-bond acceptors (Lipinski definition) is 5. The second kappa shape index (κ2) is 7.62. The number of rotatable bonds is 4. The summed E-state index contributed by atoms with van der Waals surface area (Å²) in [6.45, 7) is 3.35. The van der Waals surface area contributed by atoms with Crippen LogP contribution in [0.2, 0.25) is 0 Å². The van der Waals surface area contributed by atoms with Crippen LogP contribution in [-0.4, -0.2) is 38.3 Å². The Balaban J connectivity index is 1.83. The fourth-order valence-corrected chi connectivity index (χ4v) is 4.77. The molecule has 4 rings (SSSR count). The lowest BCUT2D eigenvalue weighted by atomic mass is 10.1. The topological polar surface area (TPSA) is 68.1 Å². The molecule has 152 valence electrons. The maximum Gasteiger partial charge on any atom is 0.266 e. The quantitative estimate of drug-likeness (QED) is 0.648. The van der Waals surface area contributed by atoms with E-state index in [4.69, 9.17) is 0 Å². The predicted molar refractivity (Wildman–Crippen MR) is 107 cm³/mol. The first-order valence-electron chi connectivity index (χ1n) is 9.39. The molecule has 1 aliphatic heterocycles. The van der Waals surface area contributed by atoms with Gasteiger partial charge in [-0.2, -0.15) is 0 Å². The lowest BCUT2D eigenvalue weighted by Gasteiger charge is -2.26. The smallest absolute Gasteiger partial charge is 0.266 e. The van der Waals surface area contributed by atoms with Crippen LogP contribution in [0.3, 0.4) is 0 Å². The van der Waals surface area contributed by atoms with Crippen LogP contribution in [0.15, 0.2) is 29.1 Å². The molecule has 3 aromatic rings. The summed E-state index contributed by atoms with van der Waals surface area (Å²) >= 11 is 1.32. The molecule has 0 saturated carbocycles. The van der Waals surface area contributed by atoms with E-state index in [2.05, 4.69) is 9.97 Å². The SMILES string of the molecule is Cc1nc(C)c(C(=O)N2CCCC2c2nc3ccccc3c(=O)n2CC(F)F)s1. The molecule has 0 spiro atoms. The second-order valence-electron chi connectivity index (χ2n) is 7.10. The molecule has 6 nitrogen and oxygen atoms in total. The van der Waals surface area contributed by atoms with Crippen molar-refractivity contribution in [3.63, 3.8) is 0 Å². The lowest BCUT2D eigenvalue weighted by Crippen LogP contribution is -2.36. The summed E-state index contributed by atoms with van der Waals surface area (Å²) in [6, 6.07) is 6.16. The molecule has 1 unspecified atom stereocenters. The third kappa shape index (κ3) is 3.55. The van der Waals surface area contributed by atoms with Crippen molar-refractivity contribution in [3.8, 4) is 0 Å². The van der Waals surface area contributed by atoms with Crippen molar-refractivity contribution in [3.05, 3.63) is 56.0 Å². The van der Waals surface area contributed by atoms with E-state index in [0.717, 1.165) is 9.57 Å². The Bertz CT molecular complexity index is 1140. The Morgan fingerprint density at radius 2 is 2.03 bits per heavy atom. The van der Waals surface area contributed by atoms with Crippen molar-refractivity contribution < 1.29 is 13.6 Å². The minimum absolute atomic E-state index is 0.193. The molecule has 0 radical (unpaired) electrons. The number of aromatic nitrogens is 3. The fraction of sp³-hybridized carbons (Fsp3) is 0.400. The molecule has 3 heterocycles. The lowest BCUT2D eigenvalue weighted by molar-refractivity contribution is 0.0724. The number of para-hydroxylation sites is 1. The van der Waals surface area contributed by atoms with E-state index in [1.165, 1.54) is 11.3 Å². The van der Waals surface area contributed by atoms with Crippen molar-refractivity contribution in [1.82, 2.24) is 19.4 Å². The molecule has 9 heteroatoms. The van der Waals surface area contributed by atoms with Gasteiger partial charge in [0.25, 0.3) is 17.9 Å². The second-order valence-corrected chi connectivity index (χ2v) is 8.30. The summed E-state index contributed by atoms with van der Waals surface area (Å²) in [5.41, 5.74) is 0.594. The van der Waals surface area contributed by atoms with Crippen molar-refractivity contribution in [2.24, 2.45) is 0 Å². The van der Waals surface area contributed by atoms with Crippen LogP contribution < -0.4 is 5.56 Å². The standard InChI is InChI=1S/C20H20F2N4O2S/c1-11-17(29-12(2)23-11)20(28)25-9-5-8-15(25)18-24-14-7-4-3-6-13(14)19(27)26(18)10-16(21)22/h3-4,6-7,15-16H,5,8-10H2,1-2H3. The molecule has 1 fully saturated rings. The first-order chi connectivity index (χ1) is 13.9. The van der Waals surface area contributed by atoms with Gasteiger partial charge in [-0.25, -0.2) is 18.7 Å². The van der Waals surface area contributed by atoms with Gasteiger partial charge in [-0.3, -0.25) is 14.2 Å². The molecule has 1 aliphatic rings. The molecule has 1 amide bonds. The van der Waals surface area contributed by atoms with Gasteiger partial charge in [-0.15, -0.1) is 11.3 Å². The molecule has 2 aromatic heterocycles. The van der Waals surface area contributed by atoms with Gasteiger partial charge in [0.2, 0.25) is 0 Å². The zero-order valence-electron chi connectivity index (χ0n) is 16.1. The van der Waals surface area contributed by atoms with E-state index in [1.807, 2.05) is 6.92 Å². The number of alkyl halides is 2. The minimum atomic E-state index is -2.70. The van der Waals surface area contributed by atoms with Crippen LogP contribution in [0.25, 0.3) is 10.9 Å². The van der Waals surface area contributed by atoms with Crippen LogP contribution >= 0.6 is 11.3 Å². The van der Waals surface area contributed by atoms with Gasteiger partial charge in [-0.05, 0) is 38.8 Å². The highest BCUT2D eigenvalue weighted by molar-refractivity contribution is 7.13. The number of carbonyl (C=O) groups excluding carboxylic acids is 1. The number of thiazole rings is 1. The van der Waals surface area contributed by atoms with Gasteiger partial charge >= 0.3 is 0 Å². The van der Waals surface area contributed by atoms with Gasteiger partial charge in [-0.1, -0.05) is 12.1 Å². The predicted octanol–water partition coefficient (Wildman–Crippen LogP) is 3.71. The molecule has 1 atom stereocenters. The summed E-state index contributed by atoms with van der Waals surface area (Å²) in [4.78, 5) is 37.1. The molecule has 29 heavy (non-hydrogen) atoms. The van der Waals surface area contributed by atoms with Gasteiger partial charge in [0.15, 0.2) is 0 Å². The van der Waals surface area contributed by atoms with Crippen molar-refractivity contribution >= 4 is 28.1 Å². The average molecular weight is 418 g/mol. The van der Waals surface area contributed by atoms with Crippen molar-refractivity contribution in [2.45, 2.75) is 45.7 Å². The monoisotopic (exact) mass is 418 g/mol. The molecule has 1 aromatic carbocycles. The van der Waals surface area contributed by atoms with E-state index in [-0.39, 0.29) is 11.7 Å². The number of halogens is 2. The highest BCUT2D eigenvalue weighted by atomic mass is 32.1. The maximum absolute atomic E-state index is 13.3. The van der Waals surface area contributed by atoms with E-state index in [1.54, 1.807) is 36.1 Å². The third-order valence-electron chi connectivity index (χ3n) is 5.12. The van der Waals surface area contributed by atoms with Gasteiger partial charge < -0.3 is 4.90 Å². The number of carbonyl (C=O) groups is 1. The van der Waals surface area contributed by atoms with Crippen LogP contribution in [-0.2, 0) is 6.54 Å². The summed E-state index contributed by atoms with van der Waals surface area (Å²) in [5.74, 6) is 0.0281. The Labute approximate surface area is 169 Å². The number of hydrogen-bond donors (Lipinski definition) is 0. The Morgan fingerprint density at radius 1 is 1.28 bits per heavy atom. The molecule has 0 aliphatic carbocycles. The zero-order chi connectivity index (χ0) is 20.7. The van der Waals surface area contributed by atoms with Gasteiger partial charge in [0, 0.05) is 6.54 Å². The first-order valence-corrected chi connectivity index (χ1v) is 10.2. The van der Waals surface area contributed by atoms with E-state index in [0.29, 0.717) is 40.9 Å². The largest absolute Gasteiger partial charge is 0.328 e. The first kappa shape index (κ1) is 19.6. The Hall–Kier alpha value is -2.68. The molecule has 0 N–H and O–H groups in total. The molecule has 0 bridgehead atoms. The molecule has 1 saturated heterocycles. The van der Waals surface area contributed by atoms with Crippen LogP contribution in [0, 0.1) is 13.8 Å². The number of nitrogens with zero attached hydrogens (tertiary/aromatic N) is 4. The highest BCUT2D eigenvalue weighted by Crippen LogP contribution is 2.34. The van der Waals surface area contributed by atoms with E-state index < -0.39 is 24.6 Å². The van der Waals surface area contributed by atoms with E-state index >= 15 is 0 Å². The van der Waals surface area contributed by atoms with Gasteiger partial charge in [0.1, 0.15) is 10.7 Å². The Kier molecular flexibility index (Phi) is 5.16. The number of benzene rings is 1. The minimum Gasteiger partial charge on any atom is -0.328 e. The third-order valence-corrected chi connectivity index (χ3v) is 6.18. The number of likely N-dealkylation sites (tertiary alicyclic amines) is 1.